The van der Waals surface area contributed by atoms with Gasteiger partial charge in [-0.2, -0.15) is 0 Å². The van der Waals surface area contributed by atoms with E-state index in [1.54, 1.807) is 0 Å². The monoisotopic (exact) mass is 439 g/mol. The number of hydrogen-bond donors (Lipinski definition) is 1. The molecule has 0 saturated heterocycles. The van der Waals surface area contributed by atoms with Gasteiger partial charge in [0.15, 0.2) is 11.5 Å². The first-order valence-corrected chi connectivity index (χ1v) is 10.3. The predicted molar refractivity (Wildman–Crippen MR) is 112 cm³/mol. The zero-order valence-corrected chi connectivity index (χ0v) is 17.8. The highest BCUT2D eigenvalue weighted by atomic mass is 79.9. The molecule has 2 aromatic rings. The van der Waals surface area contributed by atoms with E-state index in [0.717, 1.165) is 34.6 Å². The molecule has 0 amide bonds. The van der Waals surface area contributed by atoms with Crippen LogP contribution in [0.15, 0.2) is 40.9 Å². The maximum absolute atomic E-state index is 6.04. The Bertz CT molecular complexity index is 694. The van der Waals surface area contributed by atoms with Crippen LogP contribution in [-0.2, 0) is 13.2 Å². The minimum Gasteiger partial charge on any atom is -0.490 e. The molecule has 0 heterocycles. The molecule has 2 rings (SSSR count). The molecule has 3 nitrogen and oxygen atoms in total. The lowest BCUT2D eigenvalue weighted by Crippen LogP contribution is -2.14. The Hall–Kier alpha value is -1.23. The van der Waals surface area contributed by atoms with Crippen LogP contribution in [0.3, 0.4) is 0 Å². The number of ether oxygens (including phenoxy) is 2. The number of benzene rings is 2. The first-order valence-electron chi connectivity index (χ1n) is 9.17. The molecule has 0 aromatic heterocycles. The molecule has 0 fully saturated rings. The van der Waals surface area contributed by atoms with Crippen LogP contribution >= 0.6 is 27.5 Å². The van der Waals surface area contributed by atoms with Gasteiger partial charge in [-0.15, -0.1) is 0 Å². The van der Waals surface area contributed by atoms with Crippen molar-refractivity contribution in [1.82, 2.24) is 5.32 Å². The summed E-state index contributed by atoms with van der Waals surface area (Å²) in [5.74, 6) is 1.48. The van der Waals surface area contributed by atoms with Crippen LogP contribution < -0.4 is 14.8 Å². The van der Waals surface area contributed by atoms with E-state index in [-0.39, 0.29) is 0 Å². The van der Waals surface area contributed by atoms with Gasteiger partial charge in [-0.25, -0.2) is 0 Å². The smallest absolute Gasteiger partial charge is 0.175 e. The number of nitrogens with one attached hydrogen (secondary N) is 1. The van der Waals surface area contributed by atoms with Crippen LogP contribution in [0.2, 0.25) is 5.02 Å². The maximum atomic E-state index is 6.04. The second kappa shape index (κ2) is 11.5. The molecule has 0 aliphatic carbocycles. The predicted octanol–water partition coefficient (Wildman–Crippen LogP) is 6.36. The van der Waals surface area contributed by atoms with E-state index in [1.807, 2.05) is 37.3 Å². The van der Waals surface area contributed by atoms with Gasteiger partial charge in [0.1, 0.15) is 6.61 Å². The SMILES string of the molecule is CCCCCNCc1cc(Br)c(OCc2cccc(Cl)c2)c(OCC)c1. The van der Waals surface area contributed by atoms with Crippen LogP contribution in [0, 0.1) is 0 Å². The van der Waals surface area contributed by atoms with Crippen molar-refractivity contribution in [2.75, 3.05) is 13.2 Å². The Morgan fingerprint density at radius 3 is 2.62 bits per heavy atom. The molecule has 1 N–H and O–H groups in total. The summed E-state index contributed by atoms with van der Waals surface area (Å²) in [7, 11) is 0. The summed E-state index contributed by atoms with van der Waals surface area (Å²) in [6.45, 7) is 7.07. The third kappa shape index (κ3) is 6.82. The number of rotatable bonds is 11. The normalized spacial score (nSPS) is 10.8. The zero-order chi connectivity index (χ0) is 18.8. The quantitative estimate of drug-likeness (QED) is 0.412. The molecule has 0 radical (unpaired) electrons. The van der Waals surface area contributed by atoms with Gasteiger partial charge >= 0.3 is 0 Å². The summed E-state index contributed by atoms with van der Waals surface area (Å²) in [5.41, 5.74) is 2.19. The Labute approximate surface area is 170 Å². The van der Waals surface area contributed by atoms with Gasteiger partial charge in [0.25, 0.3) is 0 Å². The molecule has 2 aromatic carbocycles. The lowest BCUT2D eigenvalue weighted by molar-refractivity contribution is 0.267. The summed E-state index contributed by atoms with van der Waals surface area (Å²) in [5, 5.41) is 4.19. The van der Waals surface area contributed by atoms with Crippen LogP contribution in [-0.4, -0.2) is 13.2 Å². The van der Waals surface area contributed by atoms with Crippen molar-refractivity contribution in [1.29, 1.82) is 0 Å². The van der Waals surface area contributed by atoms with Gasteiger partial charge in [0.2, 0.25) is 0 Å². The van der Waals surface area contributed by atoms with Gasteiger partial charge in [-0.1, -0.05) is 43.5 Å². The number of hydrogen-bond acceptors (Lipinski definition) is 3. The highest BCUT2D eigenvalue weighted by Crippen LogP contribution is 2.37. The molecule has 142 valence electrons. The summed E-state index contributed by atoms with van der Waals surface area (Å²) >= 11 is 9.67. The van der Waals surface area contributed by atoms with Gasteiger partial charge in [-0.3, -0.25) is 0 Å². The van der Waals surface area contributed by atoms with Crippen LogP contribution in [0.5, 0.6) is 11.5 Å². The largest absolute Gasteiger partial charge is 0.490 e. The molecule has 0 unspecified atom stereocenters. The molecule has 26 heavy (non-hydrogen) atoms. The average molecular weight is 441 g/mol. The average Bonchev–Trinajstić information content (AvgIpc) is 2.61. The minimum absolute atomic E-state index is 0.438. The molecule has 0 spiro atoms. The highest BCUT2D eigenvalue weighted by molar-refractivity contribution is 9.10. The fourth-order valence-electron chi connectivity index (χ4n) is 2.64. The topological polar surface area (TPSA) is 30.5 Å². The Balaban J connectivity index is 2.05. The van der Waals surface area contributed by atoms with E-state index in [2.05, 4.69) is 34.2 Å². The van der Waals surface area contributed by atoms with E-state index >= 15 is 0 Å². The second-order valence-electron chi connectivity index (χ2n) is 6.14. The van der Waals surface area contributed by atoms with Crippen molar-refractivity contribution in [2.45, 2.75) is 46.3 Å². The summed E-state index contributed by atoms with van der Waals surface area (Å²) in [6.07, 6.45) is 3.70. The van der Waals surface area contributed by atoms with Gasteiger partial charge < -0.3 is 14.8 Å². The van der Waals surface area contributed by atoms with Crippen LogP contribution in [0.1, 0.15) is 44.2 Å². The molecule has 0 aliphatic heterocycles. The van der Waals surface area contributed by atoms with Crippen molar-refractivity contribution in [3.63, 3.8) is 0 Å². The van der Waals surface area contributed by atoms with E-state index in [1.165, 1.54) is 24.8 Å². The van der Waals surface area contributed by atoms with Crippen molar-refractivity contribution >= 4 is 27.5 Å². The Morgan fingerprint density at radius 1 is 1.04 bits per heavy atom. The van der Waals surface area contributed by atoms with E-state index in [4.69, 9.17) is 21.1 Å². The van der Waals surface area contributed by atoms with Crippen molar-refractivity contribution in [3.05, 3.63) is 57.0 Å². The van der Waals surface area contributed by atoms with Gasteiger partial charge in [-0.05, 0) is 71.2 Å². The maximum Gasteiger partial charge on any atom is 0.175 e. The third-order valence-corrected chi connectivity index (χ3v) is 4.75. The Kier molecular flexibility index (Phi) is 9.30. The van der Waals surface area contributed by atoms with Crippen molar-refractivity contribution < 1.29 is 9.47 Å². The fraction of sp³-hybridized carbons (Fsp3) is 0.429. The van der Waals surface area contributed by atoms with Crippen molar-refractivity contribution in [2.24, 2.45) is 0 Å². The first kappa shape index (κ1) is 21.1. The fourth-order valence-corrected chi connectivity index (χ4v) is 3.46. The summed E-state index contributed by atoms with van der Waals surface area (Å²) in [6, 6.07) is 11.8. The standard InChI is InChI=1S/C21H27BrClNO2/c1-3-5-6-10-24-14-17-12-19(22)21(20(13-17)25-4-2)26-15-16-8-7-9-18(23)11-16/h7-9,11-13,24H,3-6,10,14-15H2,1-2H3. The van der Waals surface area contributed by atoms with Gasteiger partial charge in [0, 0.05) is 11.6 Å². The molecular weight excluding hydrogens is 414 g/mol. The first-order chi connectivity index (χ1) is 12.6. The minimum atomic E-state index is 0.438. The van der Waals surface area contributed by atoms with E-state index in [0.29, 0.717) is 18.2 Å². The molecule has 0 atom stereocenters. The number of halogens is 2. The Morgan fingerprint density at radius 2 is 1.88 bits per heavy atom. The highest BCUT2D eigenvalue weighted by Gasteiger charge is 2.13. The summed E-state index contributed by atoms with van der Waals surface area (Å²) in [4.78, 5) is 0. The zero-order valence-electron chi connectivity index (χ0n) is 15.5. The third-order valence-electron chi connectivity index (χ3n) is 3.93. The lowest BCUT2D eigenvalue weighted by Gasteiger charge is -2.16. The second-order valence-corrected chi connectivity index (χ2v) is 7.43. The van der Waals surface area contributed by atoms with Crippen molar-refractivity contribution in [3.8, 4) is 11.5 Å². The van der Waals surface area contributed by atoms with Crippen LogP contribution in [0.4, 0.5) is 0 Å². The lowest BCUT2D eigenvalue weighted by atomic mass is 10.2. The molecule has 0 aliphatic rings. The van der Waals surface area contributed by atoms with E-state index < -0.39 is 0 Å². The van der Waals surface area contributed by atoms with Gasteiger partial charge in [0.05, 0.1) is 11.1 Å². The molecule has 5 heteroatoms. The van der Waals surface area contributed by atoms with Crippen LogP contribution in [0.25, 0.3) is 0 Å². The molecule has 0 bridgehead atoms. The molecular formula is C21H27BrClNO2. The number of unbranched alkanes of at least 4 members (excludes halogenated alkanes) is 2. The summed E-state index contributed by atoms with van der Waals surface area (Å²) < 4.78 is 12.7. The molecule has 0 saturated carbocycles. The van der Waals surface area contributed by atoms with E-state index in [9.17, 15) is 0 Å².